The number of ether oxygens (including phenoxy) is 4. The van der Waals surface area contributed by atoms with Gasteiger partial charge in [0.15, 0.2) is 0 Å². The highest BCUT2D eigenvalue weighted by molar-refractivity contribution is 6.43. The highest BCUT2D eigenvalue weighted by atomic mass is 35.5. The number of nitrogens with one attached hydrogen (secondary N) is 1. The van der Waals surface area contributed by atoms with Crippen LogP contribution in [-0.2, 0) is 19.1 Å². The van der Waals surface area contributed by atoms with Crippen LogP contribution in [0.1, 0.15) is 103 Å². The van der Waals surface area contributed by atoms with E-state index in [9.17, 15) is 29.4 Å². The van der Waals surface area contributed by atoms with Gasteiger partial charge in [-0.05, 0) is 161 Å². The van der Waals surface area contributed by atoms with Crippen molar-refractivity contribution in [2.45, 2.75) is 95.3 Å². The van der Waals surface area contributed by atoms with Crippen molar-refractivity contribution in [3.8, 4) is 11.5 Å². The van der Waals surface area contributed by atoms with E-state index in [1.165, 1.54) is 12.8 Å². The molecule has 1 amide bonds. The predicted molar refractivity (Wildman–Crippen MR) is 293 cm³/mol. The molecule has 4 aliphatic heterocycles. The zero-order valence-electron chi connectivity index (χ0n) is 42.3. The molecule has 17 nitrogen and oxygen atoms in total. The molecule has 4 atom stereocenters. The molecule has 2 saturated carbocycles. The minimum atomic E-state index is -1.43. The lowest BCUT2D eigenvalue weighted by atomic mass is 10.0. The molecule has 4 heterocycles. The number of Topliss-reactive ketones (excluding diaryl/α,β-unsaturated/α-hetero) is 2. The van der Waals surface area contributed by atoms with Crippen molar-refractivity contribution in [3.05, 3.63) is 117 Å². The number of carboxylic acids is 1. The number of anilines is 2. The molecule has 10 rings (SSSR count). The van der Waals surface area contributed by atoms with E-state index in [1.54, 1.807) is 60.7 Å². The second-order valence-electron chi connectivity index (χ2n) is 19.9. The highest BCUT2D eigenvalue weighted by Crippen LogP contribution is 2.36. The Balaban J connectivity index is 0.000000182. The van der Waals surface area contributed by atoms with Crippen molar-refractivity contribution in [1.82, 2.24) is 15.1 Å². The largest absolute Gasteiger partial charge is 0.489 e. The Hall–Kier alpha value is -5.34. The van der Waals surface area contributed by atoms with Gasteiger partial charge in [0.05, 0.1) is 60.8 Å². The quantitative estimate of drug-likeness (QED) is 0.0473. The first-order valence-electron chi connectivity index (χ1n) is 26.3. The Kier molecular flexibility index (Phi) is 21.8. The van der Waals surface area contributed by atoms with Gasteiger partial charge in [-0.15, -0.1) is 0 Å². The smallest absolute Gasteiger partial charge is 0.377 e. The maximum Gasteiger partial charge on any atom is 0.377 e. The van der Waals surface area contributed by atoms with Crippen LogP contribution in [0.3, 0.4) is 0 Å². The third-order valence-electron chi connectivity index (χ3n) is 14.1. The fraction of sp³-hybridized carbons (Fsp3) is 0.509. The van der Waals surface area contributed by atoms with Crippen LogP contribution in [0, 0.1) is 0 Å². The van der Waals surface area contributed by atoms with Crippen molar-refractivity contribution in [1.29, 1.82) is 0 Å². The zero-order chi connectivity index (χ0) is 52.8. The molecule has 0 bridgehead atoms. The minimum Gasteiger partial charge on any atom is -0.489 e. The molecule has 0 aromatic heterocycles. The van der Waals surface area contributed by atoms with E-state index < -0.39 is 41.7 Å². The summed E-state index contributed by atoms with van der Waals surface area (Å²) in [6.07, 6.45) is 7.64. The van der Waals surface area contributed by atoms with Gasteiger partial charge in [-0.25, -0.2) is 4.79 Å². The SMILES string of the molecule is C.N[C@H](CN1CCCC1)[C@H](O)c1ccc(OC2CC2)c(Cl)c1.O=C(N[C@H](CN1CCCC1)[C@H](O)c1ccc(OC2CC2)c(Cl)c1)C(=O)c1ccc(N2CCOCC2)cc1.O=C(O)C(=O)c1ccc(N2CCOCC2)cc1. The van der Waals surface area contributed by atoms with Gasteiger partial charge in [-0.1, -0.05) is 42.8 Å². The monoisotopic (exact) mass is 1090 g/mol. The third kappa shape index (κ3) is 16.8. The average Bonchev–Trinajstić information content (AvgIpc) is 4.33. The zero-order valence-corrected chi connectivity index (χ0v) is 43.8. The Labute approximate surface area is 456 Å². The molecule has 0 spiro atoms. The van der Waals surface area contributed by atoms with Crippen molar-refractivity contribution >= 4 is 58.0 Å². The van der Waals surface area contributed by atoms with Crippen LogP contribution in [0.15, 0.2) is 84.9 Å². The molecular weight excluding hydrogens is 1020 g/mol. The number of nitrogens with zero attached hydrogens (tertiary/aromatic N) is 4. The van der Waals surface area contributed by atoms with E-state index in [0.717, 1.165) is 114 Å². The number of ketones is 2. The van der Waals surface area contributed by atoms with Crippen LogP contribution in [0.4, 0.5) is 11.4 Å². The van der Waals surface area contributed by atoms with E-state index >= 15 is 0 Å². The van der Waals surface area contributed by atoms with Gasteiger partial charge < -0.3 is 64.9 Å². The number of morpholine rings is 2. The molecular formula is C57H74Cl2N6O11. The molecule has 412 valence electrons. The summed E-state index contributed by atoms with van der Waals surface area (Å²) in [4.78, 5) is 56.6. The minimum absolute atomic E-state index is 0. The average molecular weight is 1090 g/mol. The van der Waals surface area contributed by atoms with E-state index in [4.69, 9.17) is 53.0 Å². The van der Waals surface area contributed by atoms with Gasteiger partial charge in [0.1, 0.15) is 17.6 Å². The van der Waals surface area contributed by atoms with Crippen LogP contribution >= 0.6 is 23.2 Å². The van der Waals surface area contributed by atoms with Gasteiger partial charge >= 0.3 is 5.97 Å². The van der Waals surface area contributed by atoms with Crippen molar-refractivity contribution < 1.29 is 53.4 Å². The molecule has 6 aliphatic rings. The number of halogens is 2. The number of nitrogens with two attached hydrogens (primary N) is 1. The number of aliphatic hydroxyl groups is 2. The number of hydrogen-bond acceptors (Lipinski definition) is 15. The van der Waals surface area contributed by atoms with Gasteiger partial charge in [-0.3, -0.25) is 14.4 Å². The summed E-state index contributed by atoms with van der Waals surface area (Å²) in [6, 6.07) is 23.4. The lowest BCUT2D eigenvalue weighted by Gasteiger charge is -2.29. The highest BCUT2D eigenvalue weighted by Gasteiger charge is 2.31. The van der Waals surface area contributed by atoms with Crippen LogP contribution in [-0.4, -0.2) is 165 Å². The summed E-state index contributed by atoms with van der Waals surface area (Å²) >= 11 is 12.7. The molecule has 76 heavy (non-hydrogen) atoms. The molecule has 0 unspecified atom stereocenters. The number of hydrogen-bond donors (Lipinski definition) is 5. The molecule has 19 heteroatoms. The maximum atomic E-state index is 13.0. The Morgan fingerprint density at radius 3 is 1.41 bits per heavy atom. The van der Waals surface area contributed by atoms with Crippen LogP contribution < -0.4 is 30.3 Å². The number of aliphatic hydroxyl groups excluding tert-OH is 2. The number of likely N-dealkylation sites (tertiary alicyclic amines) is 2. The van der Waals surface area contributed by atoms with E-state index in [2.05, 4.69) is 24.9 Å². The van der Waals surface area contributed by atoms with E-state index in [1.807, 2.05) is 24.3 Å². The number of carbonyl (C=O) groups is 4. The first-order valence-corrected chi connectivity index (χ1v) is 27.0. The van der Waals surface area contributed by atoms with Crippen molar-refractivity contribution in [3.63, 3.8) is 0 Å². The lowest BCUT2D eigenvalue weighted by molar-refractivity contribution is -0.131. The topological polar surface area (TPSA) is 217 Å². The van der Waals surface area contributed by atoms with Crippen molar-refractivity contribution in [2.24, 2.45) is 5.73 Å². The Morgan fingerprint density at radius 2 is 1.00 bits per heavy atom. The molecule has 6 N–H and O–H groups in total. The van der Waals surface area contributed by atoms with Gasteiger partial charge in [0.25, 0.3) is 11.7 Å². The summed E-state index contributed by atoms with van der Waals surface area (Å²) in [6.45, 7) is 11.0. The lowest BCUT2D eigenvalue weighted by Crippen LogP contribution is -2.48. The first kappa shape index (κ1) is 58.3. The molecule has 6 fully saturated rings. The molecule has 2 aliphatic carbocycles. The van der Waals surface area contributed by atoms with Gasteiger partial charge in [0.2, 0.25) is 5.78 Å². The predicted octanol–water partition coefficient (Wildman–Crippen LogP) is 6.98. The summed E-state index contributed by atoms with van der Waals surface area (Å²) in [7, 11) is 0. The summed E-state index contributed by atoms with van der Waals surface area (Å²) < 4.78 is 22.1. The third-order valence-corrected chi connectivity index (χ3v) is 14.7. The van der Waals surface area contributed by atoms with Crippen LogP contribution in [0.25, 0.3) is 0 Å². The fourth-order valence-electron chi connectivity index (χ4n) is 9.41. The molecule has 4 aromatic carbocycles. The molecule has 0 radical (unpaired) electrons. The second kappa shape index (κ2) is 28.3. The summed E-state index contributed by atoms with van der Waals surface area (Å²) in [5.74, 6) is -2.37. The Bertz CT molecular complexity index is 2530. The number of benzene rings is 4. The van der Waals surface area contributed by atoms with Gasteiger partial charge in [-0.2, -0.15) is 0 Å². The summed E-state index contributed by atoms with van der Waals surface area (Å²) in [5, 5.41) is 34.0. The number of amides is 1. The maximum absolute atomic E-state index is 13.0. The number of carbonyl (C=O) groups excluding carboxylic acids is 3. The van der Waals surface area contributed by atoms with E-state index in [-0.39, 0.29) is 25.1 Å². The fourth-order valence-corrected chi connectivity index (χ4v) is 9.88. The van der Waals surface area contributed by atoms with Crippen molar-refractivity contribution in [2.75, 3.05) is 102 Å². The van der Waals surface area contributed by atoms with Gasteiger partial charge in [0, 0.05) is 67.8 Å². The standard InChI is InChI=1S/C28H34ClN3O5.C16H23ClN2O2.C12H13NO4.CH4/c29-23-17-20(5-10-25(23)37-22-8-9-22)26(33)24(18-31-11-1-2-12-31)30-28(35)27(34)19-3-6-21(7-4-19)32-13-15-36-16-14-32;17-13-9-11(3-6-15(13)21-12-4-5-12)16(20)14(18)10-19-7-1-2-8-19;14-11(12(15)16)9-1-3-10(4-2-9)13-5-7-17-8-6-13;/h3-7,10,17,22,24,26,33H,1-2,8-9,11-16,18H2,(H,30,35);3,6,9,12,14,16,20H,1-2,4-5,7-8,10,18H2;1-4H,5-8H2,(H,15,16);1H4/t24-,26-;14-,16-;;/m11../s1. The Morgan fingerprint density at radius 1 is 0.592 bits per heavy atom. The normalized spacial score (nSPS) is 19.3. The molecule has 4 aromatic rings. The van der Waals surface area contributed by atoms with E-state index in [0.29, 0.717) is 71.7 Å². The molecule has 4 saturated heterocycles. The number of aliphatic carboxylic acids is 1. The van der Waals surface area contributed by atoms with Crippen LogP contribution in [0.2, 0.25) is 10.0 Å². The second-order valence-corrected chi connectivity index (χ2v) is 20.7. The summed E-state index contributed by atoms with van der Waals surface area (Å²) in [5.41, 5.74) is 9.96. The number of rotatable bonds is 19. The van der Waals surface area contributed by atoms with Crippen LogP contribution in [0.5, 0.6) is 11.5 Å². The number of carboxylic acid groups (broad SMARTS) is 1. The first-order chi connectivity index (χ1) is 36.3.